The van der Waals surface area contributed by atoms with E-state index < -0.39 is 0 Å². The highest BCUT2D eigenvalue weighted by Gasteiger charge is 2.16. The number of rotatable bonds is 4. The van der Waals surface area contributed by atoms with Crippen molar-refractivity contribution in [3.63, 3.8) is 0 Å². The maximum absolute atomic E-state index is 5.86. The number of anilines is 1. The van der Waals surface area contributed by atoms with Crippen LogP contribution >= 0.6 is 0 Å². The second kappa shape index (κ2) is 5.99. The minimum absolute atomic E-state index is 0.0608. The molecule has 1 N–H and O–H groups in total. The molecule has 0 unspecified atom stereocenters. The smallest absolute Gasteiger partial charge is 0.268 e. The van der Waals surface area contributed by atoms with E-state index in [1.807, 2.05) is 18.2 Å². The van der Waals surface area contributed by atoms with E-state index in [2.05, 4.69) is 42.1 Å². The van der Waals surface area contributed by atoms with E-state index >= 15 is 0 Å². The molecule has 112 valence electrons. The van der Waals surface area contributed by atoms with Crippen LogP contribution in [-0.2, 0) is 5.41 Å². The molecule has 2 rings (SSSR count). The Hall–Kier alpha value is -2.30. The summed E-state index contributed by atoms with van der Waals surface area (Å²) in [6, 6.07) is 7.97. The number of methoxy groups -OCH3 is 1. The molecule has 0 fully saturated rings. The van der Waals surface area contributed by atoms with Crippen LogP contribution in [0.25, 0.3) is 0 Å². The Morgan fingerprint density at radius 2 is 1.90 bits per heavy atom. The minimum atomic E-state index is 0.0608. The van der Waals surface area contributed by atoms with Gasteiger partial charge in [-0.05, 0) is 23.1 Å². The fraction of sp³-hybridized carbons (Fsp3) is 0.375. The summed E-state index contributed by atoms with van der Waals surface area (Å²) in [5.74, 6) is 2.19. The summed E-state index contributed by atoms with van der Waals surface area (Å²) in [6.07, 6.45) is 1.44. The Morgan fingerprint density at radius 1 is 1.14 bits per heavy atom. The fourth-order valence-corrected chi connectivity index (χ4v) is 1.93. The predicted molar refractivity (Wildman–Crippen MR) is 83.3 cm³/mol. The topological polar surface area (TPSA) is 56.3 Å². The van der Waals surface area contributed by atoms with Gasteiger partial charge in [0.05, 0.1) is 7.11 Å². The summed E-state index contributed by atoms with van der Waals surface area (Å²) in [6.45, 7) is 6.49. The summed E-state index contributed by atoms with van der Waals surface area (Å²) >= 11 is 0. The number of nitrogens with one attached hydrogen (secondary N) is 1. The van der Waals surface area contributed by atoms with E-state index in [1.165, 1.54) is 11.9 Å². The van der Waals surface area contributed by atoms with Gasteiger partial charge in [-0.25, -0.2) is 4.98 Å². The standard InChI is InChI=1S/C16H21N3O2/c1-16(2,3)11-7-6-8-12(9-11)21-15-13(20-5)14(17-4)18-10-19-15/h6-10H,1-5H3,(H,17,18,19). The molecule has 0 radical (unpaired) electrons. The van der Waals surface area contributed by atoms with Crippen molar-refractivity contribution in [2.75, 3.05) is 19.5 Å². The normalized spacial score (nSPS) is 11.1. The van der Waals surface area contributed by atoms with Crippen molar-refractivity contribution >= 4 is 5.82 Å². The van der Waals surface area contributed by atoms with E-state index in [4.69, 9.17) is 9.47 Å². The minimum Gasteiger partial charge on any atom is -0.489 e. The lowest BCUT2D eigenvalue weighted by molar-refractivity contribution is 0.368. The van der Waals surface area contributed by atoms with Crippen molar-refractivity contribution in [3.05, 3.63) is 36.2 Å². The molecule has 0 spiro atoms. The SMILES string of the molecule is CNc1ncnc(Oc2cccc(C(C)(C)C)c2)c1OC. The van der Waals surface area contributed by atoms with Crippen molar-refractivity contribution < 1.29 is 9.47 Å². The van der Waals surface area contributed by atoms with Crippen molar-refractivity contribution in [2.24, 2.45) is 0 Å². The zero-order valence-electron chi connectivity index (χ0n) is 13.1. The van der Waals surface area contributed by atoms with Crippen LogP contribution in [0, 0.1) is 0 Å². The molecule has 1 aromatic carbocycles. The molecule has 0 saturated heterocycles. The van der Waals surface area contributed by atoms with Gasteiger partial charge in [0.1, 0.15) is 12.1 Å². The van der Waals surface area contributed by atoms with Crippen LogP contribution in [0.4, 0.5) is 5.82 Å². The highest BCUT2D eigenvalue weighted by molar-refractivity contribution is 5.55. The van der Waals surface area contributed by atoms with E-state index in [0.29, 0.717) is 17.4 Å². The summed E-state index contributed by atoms with van der Waals surface area (Å²) in [5, 5.41) is 2.95. The third kappa shape index (κ3) is 3.42. The summed E-state index contributed by atoms with van der Waals surface area (Å²) in [4.78, 5) is 8.25. The summed E-state index contributed by atoms with van der Waals surface area (Å²) in [5.41, 5.74) is 1.26. The van der Waals surface area contributed by atoms with Crippen molar-refractivity contribution in [3.8, 4) is 17.4 Å². The van der Waals surface area contributed by atoms with E-state index in [9.17, 15) is 0 Å². The summed E-state index contributed by atoms with van der Waals surface area (Å²) in [7, 11) is 3.34. The van der Waals surface area contributed by atoms with Crippen LogP contribution in [0.5, 0.6) is 17.4 Å². The van der Waals surface area contributed by atoms with Crippen LogP contribution in [-0.4, -0.2) is 24.1 Å². The zero-order valence-corrected chi connectivity index (χ0v) is 13.1. The van der Waals surface area contributed by atoms with Gasteiger partial charge in [-0.3, -0.25) is 0 Å². The molecule has 0 bridgehead atoms. The molecule has 0 aliphatic heterocycles. The molecular formula is C16H21N3O2. The first kappa shape index (κ1) is 15.1. The van der Waals surface area contributed by atoms with Crippen molar-refractivity contribution in [2.45, 2.75) is 26.2 Å². The lowest BCUT2D eigenvalue weighted by Crippen LogP contribution is -2.10. The second-order valence-electron chi connectivity index (χ2n) is 5.69. The van der Waals surface area contributed by atoms with Crippen molar-refractivity contribution in [1.82, 2.24) is 9.97 Å². The Morgan fingerprint density at radius 3 is 2.52 bits per heavy atom. The second-order valence-corrected chi connectivity index (χ2v) is 5.69. The quantitative estimate of drug-likeness (QED) is 0.930. The first-order valence-corrected chi connectivity index (χ1v) is 6.81. The molecule has 0 aliphatic rings. The van der Waals surface area contributed by atoms with Gasteiger partial charge in [0.25, 0.3) is 5.88 Å². The predicted octanol–water partition coefficient (Wildman–Crippen LogP) is 3.62. The molecule has 2 aromatic rings. The third-order valence-electron chi connectivity index (χ3n) is 3.13. The molecule has 5 nitrogen and oxygen atoms in total. The molecule has 0 aliphatic carbocycles. The molecule has 0 atom stereocenters. The highest BCUT2D eigenvalue weighted by atomic mass is 16.5. The Balaban J connectivity index is 2.35. The van der Waals surface area contributed by atoms with E-state index in [-0.39, 0.29) is 5.41 Å². The average molecular weight is 287 g/mol. The monoisotopic (exact) mass is 287 g/mol. The molecule has 1 heterocycles. The molecule has 0 saturated carbocycles. The van der Waals surface area contributed by atoms with Gasteiger partial charge in [0, 0.05) is 7.05 Å². The van der Waals surface area contributed by atoms with Crippen LogP contribution < -0.4 is 14.8 Å². The maximum atomic E-state index is 5.86. The van der Waals surface area contributed by atoms with Crippen LogP contribution in [0.15, 0.2) is 30.6 Å². The number of benzene rings is 1. The molecule has 1 aromatic heterocycles. The van der Waals surface area contributed by atoms with Gasteiger partial charge in [-0.1, -0.05) is 32.9 Å². The number of aromatic nitrogens is 2. The largest absolute Gasteiger partial charge is 0.489 e. The van der Waals surface area contributed by atoms with Gasteiger partial charge < -0.3 is 14.8 Å². The number of ether oxygens (including phenoxy) is 2. The van der Waals surface area contributed by atoms with Crippen LogP contribution in [0.1, 0.15) is 26.3 Å². The lowest BCUT2D eigenvalue weighted by Gasteiger charge is -2.20. The fourth-order valence-electron chi connectivity index (χ4n) is 1.93. The van der Waals surface area contributed by atoms with Gasteiger partial charge in [-0.2, -0.15) is 4.98 Å². The molecule has 21 heavy (non-hydrogen) atoms. The van der Waals surface area contributed by atoms with Gasteiger partial charge in [0.15, 0.2) is 5.82 Å². The molecule has 5 heteroatoms. The van der Waals surface area contributed by atoms with Crippen LogP contribution in [0.3, 0.4) is 0 Å². The Bertz CT molecular complexity index is 621. The maximum Gasteiger partial charge on any atom is 0.268 e. The van der Waals surface area contributed by atoms with E-state index in [0.717, 1.165) is 5.75 Å². The van der Waals surface area contributed by atoms with Gasteiger partial charge in [-0.15, -0.1) is 0 Å². The van der Waals surface area contributed by atoms with E-state index in [1.54, 1.807) is 14.2 Å². The highest BCUT2D eigenvalue weighted by Crippen LogP contribution is 2.35. The Kier molecular flexibility index (Phi) is 4.31. The average Bonchev–Trinajstić information content (AvgIpc) is 2.46. The van der Waals surface area contributed by atoms with Crippen LogP contribution in [0.2, 0.25) is 0 Å². The van der Waals surface area contributed by atoms with Gasteiger partial charge >= 0.3 is 0 Å². The number of nitrogens with zero attached hydrogens (tertiary/aromatic N) is 2. The molecule has 0 amide bonds. The first-order valence-electron chi connectivity index (χ1n) is 6.81. The Labute approximate surface area is 125 Å². The lowest BCUT2D eigenvalue weighted by atomic mass is 9.87. The molecular weight excluding hydrogens is 266 g/mol. The first-order chi connectivity index (χ1) is 9.95. The zero-order chi connectivity index (χ0) is 15.5. The van der Waals surface area contributed by atoms with Crippen molar-refractivity contribution in [1.29, 1.82) is 0 Å². The number of hydrogen-bond acceptors (Lipinski definition) is 5. The third-order valence-corrected chi connectivity index (χ3v) is 3.13. The van der Waals surface area contributed by atoms with Gasteiger partial charge in [0.2, 0.25) is 5.75 Å². The summed E-state index contributed by atoms with van der Waals surface area (Å²) < 4.78 is 11.2. The number of hydrogen-bond donors (Lipinski definition) is 1.